The zero-order valence-corrected chi connectivity index (χ0v) is 10.3. The molecule has 3 heteroatoms. The highest BCUT2D eigenvalue weighted by Crippen LogP contribution is 2.23. The molecular formula is C15H15NO2. The maximum Gasteiger partial charge on any atom is 0.229 e. The summed E-state index contributed by atoms with van der Waals surface area (Å²) in [6, 6.07) is 3.93. The monoisotopic (exact) mass is 241 g/mol. The lowest BCUT2D eigenvalue weighted by Crippen LogP contribution is -2.37. The fourth-order valence-corrected chi connectivity index (χ4v) is 2.95. The molecule has 0 amide bonds. The number of hydrogen-bond donors (Lipinski definition) is 1. The second-order valence-electron chi connectivity index (χ2n) is 4.93. The zero-order valence-electron chi connectivity index (χ0n) is 10.3. The van der Waals surface area contributed by atoms with Crippen molar-refractivity contribution < 1.29 is 9.59 Å². The molecule has 0 radical (unpaired) electrons. The summed E-state index contributed by atoms with van der Waals surface area (Å²) >= 11 is 0. The third-order valence-corrected chi connectivity index (χ3v) is 3.93. The molecule has 0 heterocycles. The van der Waals surface area contributed by atoms with Gasteiger partial charge in [0.1, 0.15) is 0 Å². The van der Waals surface area contributed by atoms with Gasteiger partial charge in [0.25, 0.3) is 0 Å². The van der Waals surface area contributed by atoms with Crippen LogP contribution in [-0.2, 0) is 16.0 Å². The SMILES string of the molecule is CCC(N)c1ccc2c3c1CCC=3C(=O)C(=O)C=2. The Bertz CT molecular complexity index is 685. The summed E-state index contributed by atoms with van der Waals surface area (Å²) in [6.45, 7) is 2.05. The normalized spacial score (nSPS) is 18.7. The Morgan fingerprint density at radius 1 is 1.28 bits per heavy atom. The largest absolute Gasteiger partial charge is 0.324 e. The van der Waals surface area contributed by atoms with Crippen LogP contribution in [0.5, 0.6) is 0 Å². The summed E-state index contributed by atoms with van der Waals surface area (Å²) < 4.78 is 0. The zero-order chi connectivity index (χ0) is 12.9. The highest BCUT2D eigenvalue weighted by Gasteiger charge is 2.28. The number of carbonyl (C=O) groups is 2. The van der Waals surface area contributed by atoms with Crippen LogP contribution in [0.1, 0.15) is 36.9 Å². The van der Waals surface area contributed by atoms with E-state index in [4.69, 9.17) is 5.73 Å². The van der Waals surface area contributed by atoms with Crippen LogP contribution < -0.4 is 16.2 Å². The molecule has 0 bridgehead atoms. The van der Waals surface area contributed by atoms with Gasteiger partial charge in [0, 0.05) is 11.6 Å². The standard InChI is InChI=1S/C15H15NO2/c1-2-12(16)9-4-3-8-7-13(17)15(18)11-6-5-10(9)14(8)11/h3-4,7,12H,2,5-6,16H2,1H3. The number of nitrogens with two attached hydrogens (primary N) is 1. The molecular weight excluding hydrogens is 226 g/mol. The van der Waals surface area contributed by atoms with Gasteiger partial charge in [-0.15, -0.1) is 0 Å². The van der Waals surface area contributed by atoms with E-state index in [-0.39, 0.29) is 11.8 Å². The van der Waals surface area contributed by atoms with Gasteiger partial charge in [-0.1, -0.05) is 19.1 Å². The molecule has 18 heavy (non-hydrogen) atoms. The summed E-state index contributed by atoms with van der Waals surface area (Å²) in [5.41, 5.74) is 9.11. The molecule has 0 spiro atoms. The molecule has 1 atom stereocenters. The lowest BCUT2D eigenvalue weighted by molar-refractivity contribution is -0.129. The maximum absolute atomic E-state index is 11.9. The average molecular weight is 241 g/mol. The van der Waals surface area contributed by atoms with Crippen molar-refractivity contribution >= 4 is 23.2 Å². The first-order chi connectivity index (χ1) is 8.63. The number of carbonyl (C=O) groups excluding carboxylic acids is 2. The van der Waals surface area contributed by atoms with Crippen molar-refractivity contribution in [1.82, 2.24) is 0 Å². The van der Waals surface area contributed by atoms with Crippen LogP contribution in [0.3, 0.4) is 0 Å². The summed E-state index contributed by atoms with van der Waals surface area (Å²) in [4.78, 5) is 23.4. The minimum Gasteiger partial charge on any atom is -0.324 e. The van der Waals surface area contributed by atoms with Crippen LogP contribution >= 0.6 is 0 Å². The molecule has 2 aliphatic rings. The molecule has 2 aliphatic carbocycles. The van der Waals surface area contributed by atoms with E-state index >= 15 is 0 Å². The van der Waals surface area contributed by atoms with Gasteiger partial charge in [-0.25, -0.2) is 0 Å². The molecule has 3 nitrogen and oxygen atoms in total. The lowest BCUT2D eigenvalue weighted by atomic mass is 9.94. The van der Waals surface area contributed by atoms with Crippen molar-refractivity contribution in [3.05, 3.63) is 33.7 Å². The Kier molecular flexibility index (Phi) is 2.45. The molecule has 1 unspecified atom stereocenters. The van der Waals surface area contributed by atoms with Gasteiger partial charge in [0.05, 0.1) is 0 Å². The van der Waals surface area contributed by atoms with E-state index in [1.54, 1.807) is 0 Å². The topological polar surface area (TPSA) is 60.2 Å². The van der Waals surface area contributed by atoms with Gasteiger partial charge < -0.3 is 5.73 Å². The first-order valence-electron chi connectivity index (χ1n) is 6.34. The molecule has 1 aromatic rings. The fourth-order valence-electron chi connectivity index (χ4n) is 2.95. The van der Waals surface area contributed by atoms with Crippen LogP contribution in [0.15, 0.2) is 12.1 Å². The number of ketones is 2. The lowest BCUT2D eigenvalue weighted by Gasteiger charge is -2.14. The Balaban J connectivity index is 2.37. The molecule has 0 saturated carbocycles. The average Bonchev–Trinajstić information content (AvgIpc) is 2.81. The predicted molar refractivity (Wildman–Crippen MR) is 69.1 cm³/mol. The van der Waals surface area contributed by atoms with Crippen molar-refractivity contribution in [2.75, 3.05) is 0 Å². The van der Waals surface area contributed by atoms with Gasteiger partial charge in [-0.05, 0) is 46.9 Å². The molecule has 0 aromatic heterocycles. The van der Waals surface area contributed by atoms with Crippen LogP contribution in [0.4, 0.5) is 0 Å². The fraction of sp³-hybridized carbons (Fsp3) is 0.333. The molecule has 0 fully saturated rings. The highest BCUT2D eigenvalue weighted by molar-refractivity contribution is 6.60. The van der Waals surface area contributed by atoms with Crippen molar-refractivity contribution in [3.63, 3.8) is 0 Å². The molecule has 1 aromatic carbocycles. The molecule has 3 rings (SSSR count). The second kappa shape index (κ2) is 3.89. The molecule has 2 N–H and O–H groups in total. The summed E-state index contributed by atoms with van der Waals surface area (Å²) in [7, 11) is 0. The number of hydrogen-bond acceptors (Lipinski definition) is 3. The third kappa shape index (κ3) is 1.40. The quantitative estimate of drug-likeness (QED) is 0.748. The first kappa shape index (κ1) is 11.4. The Hall–Kier alpha value is -1.74. The van der Waals surface area contributed by atoms with Crippen molar-refractivity contribution in [1.29, 1.82) is 0 Å². The second-order valence-corrected chi connectivity index (χ2v) is 4.93. The van der Waals surface area contributed by atoms with Crippen molar-refractivity contribution in [2.24, 2.45) is 5.73 Å². The van der Waals surface area contributed by atoms with E-state index in [0.29, 0.717) is 12.0 Å². The summed E-state index contributed by atoms with van der Waals surface area (Å²) in [5.74, 6) is -0.721. The van der Waals surface area contributed by atoms with Gasteiger partial charge in [-0.2, -0.15) is 0 Å². The van der Waals surface area contributed by atoms with Gasteiger partial charge >= 0.3 is 0 Å². The minimum atomic E-state index is -0.391. The Morgan fingerprint density at radius 3 is 2.78 bits per heavy atom. The van der Waals surface area contributed by atoms with Crippen molar-refractivity contribution in [2.45, 2.75) is 32.2 Å². The summed E-state index contributed by atoms with van der Waals surface area (Å²) in [6.07, 6.45) is 3.83. The number of rotatable bonds is 2. The smallest absolute Gasteiger partial charge is 0.229 e. The number of benzene rings is 1. The first-order valence-corrected chi connectivity index (χ1v) is 6.34. The Labute approximate surface area is 105 Å². The Morgan fingerprint density at radius 2 is 2.06 bits per heavy atom. The summed E-state index contributed by atoms with van der Waals surface area (Å²) in [5, 5.41) is 1.87. The molecule has 92 valence electrons. The van der Waals surface area contributed by atoms with Gasteiger partial charge in [0.15, 0.2) is 0 Å². The van der Waals surface area contributed by atoms with E-state index in [1.165, 1.54) is 11.6 Å². The predicted octanol–water partition coefficient (Wildman–Crippen LogP) is 0.126. The number of Topliss-reactive ketones (excluding diaryl/α,β-unsaturated/α-hetero) is 2. The van der Waals surface area contributed by atoms with Gasteiger partial charge in [-0.3, -0.25) is 9.59 Å². The van der Waals surface area contributed by atoms with Crippen LogP contribution in [0.2, 0.25) is 0 Å². The molecule has 0 aliphatic heterocycles. The van der Waals surface area contributed by atoms with E-state index in [0.717, 1.165) is 28.8 Å². The van der Waals surface area contributed by atoms with E-state index < -0.39 is 5.78 Å². The van der Waals surface area contributed by atoms with E-state index in [2.05, 4.69) is 6.92 Å². The maximum atomic E-state index is 11.9. The van der Waals surface area contributed by atoms with E-state index in [1.807, 2.05) is 12.1 Å². The van der Waals surface area contributed by atoms with Crippen LogP contribution in [0, 0.1) is 0 Å². The van der Waals surface area contributed by atoms with Crippen molar-refractivity contribution in [3.8, 4) is 0 Å². The van der Waals surface area contributed by atoms with Crippen LogP contribution in [-0.4, -0.2) is 11.6 Å². The minimum absolute atomic E-state index is 0.0115. The van der Waals surface area contributed by atoms with Crippen LogP contribution in [0.25, 0.3) is 11.6 Å². The van der Waals surface area contributed by atoms with E-state index in [9.17, 15) is 9.59 Å². The third-order valence-electron chi connectivity index (χ3n) is 3.93. The van der Waals surface area contributed by atoms with Gasteiger partial charge in [0.2, 0.25) is 11.6 Å². The molecule has 0 saturated heterocycles. The highest BCUT2D eigenvalue weighted by atomic mass is 16.2.